The maximum Gasteiger partial charge on any atom is 0.243 e. The number of anilines is 1. The summed E-state index contributed by atoms with van der Waals surface area (Å²) in [6, 6.07) is 3.45. The highest BCUT2D eigenvalue weighted by atomic mass is 32.2. The van der Waals surface area contributed by atoms with Crippen molar-refractivity contribution < 1.29 is 12.8 Å². The van der Waals surface area contributed by atoms with Gasteiger partial charge in [0.25, 0.3) is 0 Å². The van der Waals surface area contributed by atoms with E-state index in [4.69, 9.17) is 5.73 Å². The molecule has 18 heavy (non-hydrogen) atoms. The summed E-state index contributed by atoms with van der Waals surface area (Å²) < 4.78 is 39.4. The van der Waals surface area contributed by atoms with Crippen LogP contribution < -0.4 is 5.73 Å². The van der Waals surface area contributed by atoms with Crippen molar-refractivity contribution in [2.75, 3.05) is 18.8 Å². The van der Waals surface area contributed by atoms with Gasteiger partial charge in [-0.05, 0) is 31.0 Å². The first kappa shape index (κ1) is 13.3. The van der Waals surface area contributed by atoms with Gasteiger partial charge in [0.05, 0.1) is 4.90 Å². The highest BCUT2D eigenvalue weighted by Gasteiger charge is 2.25. The van der Waals surface area contributed by atoms with Crippen molar-refractivity contribution in [2.24, 2.45) is 0 Å². The maximum atomic E-state index is 13.2. The number of hydrogen-bond donors (Lipinski definition) is 1. The lowest BCUT2D eigenvalue weighted by atomic mass is 10.2. The average molecular weight is 272 g/mol. The number of nitrogen functional groups attached to an aromatic ring is 1. The van der Waals surface area contributed by atoms with Crippen LogP contribution in [0.1, 0.15) is 25.7 Å². The Balaban J connectivity index is 2.34. The molecule has 0 bridgehead atoms. The Morgan fingerprint density at radius 3 is 2.22 bits per heavy atom. The molecule has 0 radical (unpaired) electrons. The first-order valence-electron chi connectivity index (χ1n) is 6.06. The van der Waals surface area contributed by atoms with Crippen LogP contribution in [0.5, 0.6) is 0 Å². The fraction of sp³-hybridized carbons (Fsp3) is 0.500. The van der Waals surface area contributed by atoms with E-state index in [0.717, 1.165) is 37.8 Å². The molecule has 2 rings (SSSR count). The van der Waals surface area contributed by atoms with E-state index in [-0.39, 0.29) is 10.6 Å². The number of nitrogens with zero attached hydrogens (tertiary/aromatic N) is 1. The minimum Gasteiger partial charge on any atom is -0.399 e. The molecule has 0 aromatic heterocycles. The van der Waals surface area contributed by atoms with Gasteiger partial charge in [-0.2, -0.15) is 4.31 Å². The Kier molecular flexibility index (Phi) is 3.87. The van der Waals surface area contributed by atoms with E-state index < -0.39 is 15.8 Å². The fourth-order valence-electron chi connectivity index (χ4n) is 2.16. The normalized spacial score (nSPS) is 18.5. The first-order valence-corrected chi connectivity index (χ1v) is 7.50. The molecule has 0 amide bonds. The monoisotopic (exact) mass is 272 g/mol. The number of nitrogens with two attached hydrogens (primary N) is 1. The van der Waals surface area contributed by atoms with E-state index in [1.807, 2.05) is 0 Å². The fourth-order valence-corrected chi connectivity index (χ4v) is 3.75. The summed E-state index contributed by atoms with van der Waals surface area (Å²) in [6.07, 6.45) is 3.78. The van der Waals surface area contributed by atoms with Gasteiger partial charge in [0, 0.05) is 18.8 Å². The Morgan fingerprint density at radius 1 is 1.06 bits per heavy atom. The van der Waals surface area contributed by atoms with Gasteiger partial charge in [-0.15, -0.1) is 0 Å². The molecule has 0 saturated carbocycles. The zero-order chi connectivity index (χ0) is 13.2. The SMILES string of the molecule is Nc1cc(F)cc(S(=O)(=O)N2CCCCCC2)c1. The molecule has 0 atom stereocenters. The molecule has 100 valence electrons. The molecule has 1 aliphatic heterocycles. The van der Waals surface area contributed by atoms with Gasteiger partial charge in [-0.25, -0.2) is 12.8 Å². The molecular weight excluding hydrogens is 255 g/mol. The van der Waals surface area contributed by atoms with Crippen molar-refractivity contribution in [3.63, 3.8) is 0 Å². The minimum absolute atomic E-state index is 0.0538. The smallest absolute Gasteiger partial charge is 0.243 e. The second-order valence-corrected chi connectivity index (χ2v) is 6.48. The molecular formula is C12H17FN2O2S. The standard InChI is InChI=1S/C12H17FN2O2S/c13-10-7-11(14)9-12(8-10)18(16,17)15-5-3-1-2-4-6-15/h7-9H,1-6,14H2. The summed E-state index contributed by atoms with van der Waals surface area (Å²) in [4.78, 5) is -0.0538. The third kappa shape index (κ3) is 2.81. The van der Waals surface area contributed by atoms with Crippen LogP contribution in [0, 0.1) is 5.82 Å². The summed E-state index contributed by atoms with van der Waals surface area (Å²) in [7, 11) is -3.62. The van der Waals surface area contributed by atoms with Crippen LogP contribution in [-0.2, 0) is 10.0 Å². The van der Waals surface area contributed by atoms with Gasteiger partial charge in [0.2, 0.25) is 10.0 Å². The molecule has 6 heteroatoms. The molecule has 1 fully saturated rings. The van der Waals surface area contributed by atoms with Crippen molar-refractivity contribution in [3.05, 3.63) is 24.0 Å². The second kappa shape index (κ2) is 5.24. The summed E-state index contributed by atoms with van der Waals surface area (Å²) >= 11 is 0. The molecule has 4 nitrogen and oxygen atoms in total. The Hall–Kier alpha value is -1.14. The summed E-state index contributed by atoms with van der Waals surface area (Å²) in [5, 5.41) is 0. The molecule has 1 aliphatic rings. The van der Waals surface area contributed by atoms with Crippen molar-refractivity contribution >= 4 is 15.7 Å². The lowest BCUT2D eigenvalue weighted by molar-refractivity contribution is 0.423. The summed E-state index contributed by atoms with van der Waals surface area (Å²) in [6.45, 7) is 0.998. The first-order chi connectivity index (χ1) is 8.50. The van der Waals surface area contributed by atoms with E-state index in [0.29, 0.717) is 13.1 Å². The van der Waals surface area contributed by atoms with Gasteiger partial charge in [-0.1, -0.05) is 12.8 Å². The van der Waals surface area contributed by atoms with Crippen LogP contribution in [0.2, 0.25) is 0 Å². The average Bonchev–Trinajstić information content (AvgIpc) is 2.56. The van der Waals surface area contributed by atoms with E-state index in [2.05, 4.69) is 0 Å². The van der Waals surface area contributed by atoms with Crippen LogP contribution >= 0.6 is 0 Å². The number of hydrogen-bond acceptors (Lipinski definition) is 3. The van der Waals surface area contributed by atoms with Crippen LogP contribution in [0.4, 0.5) is 10.1 Å². The quantitative estimate of drug-likeness (QED) is 0.837. The molecule has 1 aromatic carbocycles. The zero-order valence-electron chi connectivity index (χ0n) is 10.1. The lowest BCUT2D eigenvalue weighted by Crippen LogP contribution is -2.32. The Bertz CT molecular complexity index is 503. The van der Waals surface area contributed by atoms with Crippen LogP contribution in [0.15, 0.2) is 23.1 Å². The number of benzene rings is 1. The summed E-state index contributed by atoms with van der Waals surface area (Å²) in [5.74, 6) is -0.622. The topological polar surface area (TPSA) is 63.4 Å². The highest BCUT2D eigenvalue weighted by molar-refractivity contribution is 7.89. The molecule has 1 aromatic rings. The largest absolute Gasteiger partial charge is 0.399 e. The van der Waals surface area contributed by atoms with E-state index >= 15 is 0 Å². The van der Waals surface area contributed by atoms with Crippen molar-refractivity contribution in [1.29, 1.82) is 0 Å². The van der Waals surface area contributed by atoms with E-state index in [1.165, 1.54) is 10.4 Å². The zero-order valence-corrected chi connectivity index (χ0v) is 10.9. The van der Waals surface area contributed by atoms with Gasteiger partial charge in [-0.3, -0.25) is 0 Å². The van der Waals surface area contributed by atoms with Gasteiger partial charge < -0.3 is 5.73 Å². The van der Waals surface area contributed by atoms with E-state index in [9.17, 15) is 12.8 Å². The van der Waals surface area contributed by atoms with Crippen LogP contribution in [-0.4, -0.2) is 25.8 Å². The van der Waals surface area contributed by atoms with Gasteiger partial charge in [0.1, 0.15) is 5.82 Å². The molecule has 1 saturated heterocycles. The predicted octanol–water partition coefficient (Wildman–Crippen LogP) is 1.97. The molecule has 0 aliphatic carbocycles. The maximum absolute atomic E-state index is 13.2. The van der Waals surface area contributed by atoms with E-state index in [1.54, 1.807) is 0 Å². The Labute approximate surface area is 107 Å². The van der Waals surface area contributed by atoms with Crippen molar-refractivity contribution in [3.8, 4) is 0 Å². The number of sulfonamides is 1. The predicted molar refractivity (Wildman–Crippen MR) is 68.0 cm³/mol. The third-order valence-electron chi connectivity index (χ3n) is 3.10. The van der Waals surface area contributed by atoms with Gasteiger partial charge >= 0.3 is 0 Å². The minimum atomic E-state index is -3.62. The van der Waals surface area contributed by atoms with Crippen LogP contribution in [0.25, 0.3) is 0 Å². The van der Waals surface area contributed by atoms with Crippen molar-refractivity contribution in [2.45, 2.75) is 30.6 Å². The van der Waals surface area contributed by atoms with Gasteiger partial charge in [0.15, 0.2) is 0 Å². The number of rotatable bonds is 2. The molecule has 2 N–H and O–H groups in total. The number of halogens is 1. The second-order valence-electron chi connectivity index (χ2n) is 4.54. The highest BCUT2D eigenvalue weighted by Crippen LogP contribution is 2.22. The molecule has 0 spiro atoms. The van der Waals surface area contributed by atoms with Crippen LogP contribution in [0.3, 0.4) is 0 Å². The molecule has 0 unspecified atom stereocenters. The third-order valence-corrected chi connectivity index (χ3v) is 4.97. The molecule has 1 heterocycles. The lowest BCUT2D eigenvalue weighted by Gasteiger charge is -2.20. The Morgan fingerprint density at radius 2 is 1.67 bits per heavy atom. The summed E-state index contributed by atoms with van der Waals surface area (Å²) in [5.41, 5.74) is 5.62. The van der Waals surface area contributed by atoms with Crippen molar-refractivity contribution in [1.82, 2.24) is 4.31 Å².